The lowest BCUT2D eigenvalue weighted by Gasteiger charge is -1.97. The van der Waals surface area contributed by atoms with E-state index in [-0.39, 0.29) is 17.3 Å². The van der Waals surface area contributed by atoms with Crippen LogP contribution in [0, 0.1) is 0 Å². The van der Waals surface area contributed by atoms with Crippen molar-refractivity contribution < 1.29 is 9.50 Å². The summed E-state index contributed by atoms with van der Waals surface area (Å²) >= 11 is 4.13. The van der Waals surface area contributed by atoms with Crippen LogP contribution in [0.1, 0.15) is 24.5 Å². The first-order chi connectivity index (χ1) is 7.11. The summed E-state index contributed by atoms with van der Waals surface area (Å²) in [6.45, 7) is 0.865. The molecule has 0 amide bonds. The van der Waals surface area contributed by atoms with Crippen molar-refractivity contribution in [2.75, 3.05) is 0 Å². The second kappa shape index (κ2) is 3.74. The lowest BCUT2D eigenvalue weighted by molar-refractivity contribution is 0.189. The molecule has 0 aromatic carbocycles. The maximum Gasteiger partial charge on any atom is 0.253 e. The molecule has 0 spiro atoms. The summed E-state index contributed by atoms with van der Waals surface area (Å²) < 4.78 is 13.7. The maximum absolute atomic E-state index is 12.4. The Morgan fingerprint density at radius 2 is 2.33 bits per heavy atom. The van der Waals surface area contributed by atoms with Gasteiger partial charge >= 0.3 is 0 Å². The molecule has 2 aromatic heterocycles. The summed E-state index contributed by atoms with van der Waals surface area (Å²) in [5.74, 6) is 0.486. The third-order valence-electron chi connectivity index (χ3n) is 1.87. The van der Waals surface area contributed by atoms with E-state index in [1.165, 1.54) is 10.6 Å². The Bertz CT molecular complexity index is 499. The Labute approximate surface area is 90.4 Å². The van der Waals surface area contributed by atoms with Crippen LogP contribution >= 0.6 is 12.6 Å². The van der Waals surface area contributed by atoms with Gasteiger partial charge in [0.2, 0.25) is 0 Å². The van der Waals surface area contributed by atoms with Gasteiger partial charge in [-0.1, -0.05) is 0 Å². The fourth-order valence-electron chi connectivity index (χ4n) is 1.16. The molecule has 0 saturated carbocycles. The SMILES string of the molecule is CC(O)c1nc2nc(CF)cc(S)n2n1. The van der Waals surface area contributed by atoms with Crippen LogP contribution in [0.4, 0.5) is 4.39 Å². The molecule has 0 aliphatic rings. The molecule has 0 aliphatic heterocycles. The van der Waals surface area contributed by atoms with Gasteiger partial charge < -0.3 is 5.11 Å². The molecule has 5 nitrogen and oxygen atoms in total. The van der Waals surface area contributed by atoms with Crippen LogP contribution in [0.5, 0.6) is 0 Å². The van der Waals surface area contributed by atoms with Crippen molar-refractivity contribution in [1.29, 1.82) is 0 Å². The maximum atomic E-state index is 12.4. The number of rotatable bonds is 2. The standard InChI is InChI=1S/C8H9FN4OS/c1-4(14)7-11-8-10-5(3-9)2-6(15)13(8)12-7/h2,4,14-15H,3H2,1H3. The highest BCUT2D eigenvalue weighted by Gasteiger charge is 2.12. The fraction of sp³-hybridized carbons (Fsp3) is 0.375. The summed E-state index contributed by atoms with van der Waals surface area (Å²) in [6.07, 6.45) is -0.784. The van der Waals surface area contributed by atoms with Gasteiger partial charge in [-0.15, -0.1) is 17.7 Å². The molecule has 0 bridgehead atoms. The molecule has 7 heteroatoms. The lowest BCUT2D eigenvalue weighted by Crippen LogP contribution is -1.97. The molecule has 15 heavy (non-hydrogen) atoms. The second-order valence-electron chi connectivity index (χ2n) is 3.10. The lowest BCUT2D eigenvalue weighted by atomic mass is 10.4. The predicted molar refractivity (Wildman–Crippen MR) is 53.5 cm³/mol. The van der Waals surface area contributed by atoms with Crippen LogP contribution in [0.15, 0.2) is 11.1 Å². The van der Waals surface area contributed by atoms with E-state index in [1.54, 1.807) is 6.92 Å². The molecular weight excluding hydrogens is 219 g/mol. The zero-order valence-electron chi connectivity index (χ0n) is 7.92. The molecule has 0 aliphatic carbocycles. The highest BCUT2D eigenvalue weighted by atomic mass is 32.1. The van der Waals surface area contributed by atoms with Crippen LogP contribution in [-0.4, -0.2) is 24.7 Å². The summed E-state index contributed by atoms with van der Waals surface area (Å²) in [4.78, 5) is 7.87. The van der Waals surface area contributed by atoms with Crippen molar-refractivity contribution in [2.24, 2.45) is 0 Å². The number of fused-ring (bicyclic) bond motifs is 1. The summed E-state index contributed by atoms with van der Waals surface area (Å²) in [7, 11) is 0. The molecule has 1 unspecified atom stereocenters. The third kappa shape index (κ3) is 1.80. The number of halogens is 1. The van der Waals surface area contributed by atoms with Crippen molar-refractivity contribution in [3.8, 4) is 0 Å². The number of hydrogen-bond acceptors (Lipinski definition) is 5. The largest absolute Gasteiger partial charge is 0.385 e. The topological polar surface area (TPSA) is 63.3 Å². The van der Waals surface area contributed by atoms with E-state index in [9.17, 15) is 9.50 Å². The average molecular weight is 228 g/mol. The van der Waals surface area contributed by atoms with Gasteiger partial charge in [-0.3, -0.25) is 0 Å². The molecule has 2 rings (SSSR count). The predicted octanol–water partition coefficient (Wildman–Crippen LogP) is 0.936. The molecule has 1 N–H and O–H groups in total. The van der Waals surface area contributed by atoms with E-state index < -0.39 is 12.8 Å². The normalized spacial score (nSPS) is 13.3. The van der Waals surface area contributed by atoms with Crippen molar-refractivity contribution in [3.63, 3.8) is 0 Å². The number of aliphatic hydroxyl groups is 1. The first kappa shape index (κ1) is 10.3. The van der Waals surface area contributed by atoms with Gasteiger partial charge in [0.05, 0.1) is 5.69 Å². The molecule has 0 fully saturated rings. The van der Waals surface area contributed by atoms with E-state index in [0.29, 0.717) is 5.03 Å². The summed E-state index contributed by atoms with van der Waals surface area (Å²) in [6, 6.07) is 1.47. The minimum absolute atomic E-state index is 0.242. The summed E-state index contributed by atoms with van der Waals surface area (Å²) in [5, 5.41) is 13.7. The minimum Gasteiger partial charge on any atom is -0.385 e. The van der Waals surface area contributed by atoms with Crippen LogP contribution in [0.25, 0.3) is 5.78 Å². The number of aromatic nitrogens is 4. The number of alkyl halides is 1. The smallest absolute Gasteiger partial charge is 0.253 e. The molecular formula is C8H9FN4OS. The molecule has 80 valence electrons. The number of thiol groups is 1. The van der Waals surface area contributed by atoms with Crippen molar-refractivity contribution in [3.05, 3.63) is 17.6 Å². The number of nitrogens with zero attached hydrogens (tertiary/aromatic N) is 4. The van der Waals surface area contributed by atoms with Crippen LogP contribution in [-0.2, 0) is 6.67 Å². The first-order valence-corrected chi connectivity index (χ1v) is 4.76. The van der Waals surface area contributed by atoms with Gasteiger partial charge in [-0.25, -0.2) is 9.37 Å². The van der Waals surface area contributed by atoms with E-state index in [0.717, 1.165) is 0 Å². The van der Waals surface area contributed by atoms with Crippen LogP contribution in [0.3, 0.4) is 0 Å². The summed E-state index contributed by atoms with van der Waals surface area (Å²) in [5.41, 5.74) is 0.247. The molecule has 2 aromatic rings. The number of hydrogen-bond donors (Lipinski definition) is 2. The Morgan fingerprint density at radius 3 is 2.93 bits per heavy atom. The number of aliphatic hydroxyl groups excluding tert-OH is 1. The minimum atomic E-state index is -0.784. The zero-order chi connectivity index (χ0) is 11.0. The quantitative estimate of drug-likeness (QED) is 0.593. The molecule has 0 radical (unpaired) electrons. The van der Waals surface area contributed by atoms with Gasteiger partial charge in [-0.05, 0) is 13.0 Å². The first-order valence-electron chi connectivity index (χ1n) is 4.31. The molecule has 1 atom stereocenters. The highest BCUT2D eigenvalue weighted by Crippen LogP contribution is 2.13. The van der Waals surface area contributed by atoms with Gasteiger partial charge in [-0.2, -0.15) is 9.50 Å². The Kier molecular flexibility index (Phi) is 2.57. The van der Waals surface area contributed by atoms with E-state index in [4.69, 9.17) is 0 Å². The fourth-order valence-corrected chi connectivity index (χ4v) is 1.44. The van der Waals surface area contributed by atoms with Crippen molar-refractivity contribution in [1.82, 2.24) is 19.6 Å². The second-order valence-corrected chi connectivity index (χ2v) is 3.56. The van der Waals surface area contributed by atoms with Crippen LogP contribution < -0.4 is 0 Å². The Morgan fingerprint density at radius 1 is 1.60 bits per heavy atom. The monoisotopic (exact) mass is 228 g/mol. The van der Waals surface area contributed by atoms with Gasteiger partial charge in [0.15, 0.2) is 5.82 Å². The zero-order valence-corrected chi connectivity index (χ0v) is 8.82. The molecule has 2 heterocycles. The third-order valence-corrected chi connectivity index (χ3v) is 2.19. The van der Waals surface area contributed by atoms with E-state index >= 15 is 0 Å². The molecule has 0 saturated heterocycles. The Balaban J connectivity index is 2.64. The van der Waals surface area contributed by atoms with E-state index in [1.807, 2.05) is 0 Å². The van der Waals surface area contributed by atoms with E-state index in [2.05, 4.69) is 27.7 Å². The van der Waals surface area contributed by atoms with Crippen molar-refractivity contribution >= 4 is 18.4 Å². The van der Waals surface area contributed by atoms with Crippen LogP contribution in [0.2, 0.25) is 0 Å². The van der Waals surface area contributed by atoms with Gasteiger partial charge in [0.1, 0.15) is 17.8 Å². The Hall–Kier alpha value is -1.21. The highest BCUT2D eigenvalue weighted by molar-refractivity contribution is 7.80. The van der Waals surface area contributed by atoms with Gasteiger partial charge in [0, 0.05) is 0 Å². The van der Waals surface area contributed by atoms with Crippen molar-refractivity contribution in [2.45, 2.75) is 24.7 Å². The van der Waals surface area contributed by atoms with Gasteiger partial charge in [0.25, 0.3) is 5.78 Å². The average Bonchev–Trinajstić information content (AvgIpc) is 2.61.